The van der Waals surface area contributed by atoms with Gasteiger partial charge in [0, 0.05) is 11.6 Å². The molecule has 0 aliphatic rings. The number of nitrogens with one attached hydrogen (secondary N) is 1. The number of hydrogen-bond donors (Lipinski definition) is 2. The van der Waals surface area contributed by atoms with Crippen LogP contribution in [0.4, 0.5) is 11.4 Å². The molecule has 0 atom stereocenters. The third-order valence-corrected chi connectivity index (χ3v) is 3.22. The molecule has 0 saturated carbocycles. The SMILES string of the molecule is Cc1cccc(NCCc2ccc(Cl)cc2)c1N. The lowest BCUT2D eigenvalue weighted by molar-refractivity contribution is 1.02. The molecule has 2 nitrogen and oxygen atoms in total. The second kappa shape index (κ2) is 5.78. The van der Waals surface area contributed by atoms with E-state index in [-0.39, 0.29) is 0 Å². The van der Waals surface area contributed by atoms with Gasteiger partial charge in [-0.1, -0.05) is 35.9 Å². The molecule has 2 aromatic carbocycles. The summed E-state index contributed by atoms with van der Waals surface area (Å²) in [6, 6.07) is 13.9. The molecule has 0 heterocycles. The van der Waals surface area contributed by atoms with E-state index in [4.69, 9.17) is 17.3 Å². The maximum absolute atomic E-state index is 6.00. The molecule has 3 N–H and O–H groups in total. The molecular formula is C15H17ClN2. The summed E-state index contributed by atoms with van der Waals surface area (Å²) < 4.78 is 0. The quantitative estimate of drug-likeness (QED) is 0.819. The fourth-order valence-electron chi connectivity index (χ4n) is 1.83. The summed E-state index contributed by atoms with van der Waals surface area (Å²) in [4.78, 5) is 0. The minimum absolute atomic E-state index is 0.773. The number of anilines is 2. The summed E-state index contributed by atoms with van der Waals surface area (Å²) in [5.74, 6) is 0. The van der Waals surface area contributed by atoms with Crippen molar-refractivity contribution in [2.75, 3.05) is 17.6 Å². The van der Waals surface area contributed by atoms with Gasteiger partial charge in [0.2, 0.25) is 0 Å². The molecule has 0 aromatic heterocycles. The van der Waals surface area contributed by atoms with Gasteiger partial charge in [0.1, 0.15) is 0 Å². The van der Waals surface area contributed by atoms with Crippen molar-refractivity contribution in [2.45, 2.75) is 13.3 Å². The van der Waals surface area contributed by atoms with Crippen molar-refractivity contribution >= 4 is 23.0 Å². The largest absolute Gasteiger partial charge is 0.397 e. The van der Waals surface area contributed by atoms with Crippen molar-refractivity contribution in [2.24, 2.45) is 0 Å². The van der Waals surface area contributed by atoms with Crippen LogP contribution in [0.5, 0.6) is 0 Å². The van der Waals surface area contributed by atoms with Crippen LogP contribution in [0.25, 0.3) is 0 Å². The van der Waals surface area contributed by atoms with E-state index in [0.29, 0.717) is 0 Å². The standard InChI is InChI=1S/C15H17ClN2/c1-11-3-2-4-14(15(11)17)18-10-9-12-5-7-13(16)8-6-12/h2-8,18H,9-10,17H2,1H3. The zero-order chi connectivity index (χ0) is 13.0. The second-order valence-corrected chi connectivity index (χ2v) is 4.78. The van der Waals surface area contributed by atoms with Crippen LogP contribution < -0.4 is 11.1 Å². The Kier molecular flexibility index (Phi) is 4.11. The van der Waals surface area contributed by atoms with Crippen molar-refractivity contribution in [1.82, 2.24) is 0 Å². The fourth-order valence-corrected chi connectivity index (χ4v) is 1.95. The molecule has 0 aliphatic carbocycles. The Bertz CT molecular complexity index is 521. The second-order valence-electron chi connectivity index (χ2n) is 4.34. The number of halogens is 1. The predicted molar refractivity (Wildman–Crippen MR) is 79.2 cm³/mol. The highest BCUT2D eigenvalue weighted by Crippen LogP contribution is 2.21. The Balaban J connectivity index is 1.92. The lowest BCUT2D eigenvalue weighted by atomic mass is 10.1. The Morgan fingerprint density at radius 2 is 1.83 bits per heavy atom. The van der Waals surface area contributed by atoms with E-state index >= 15 is 0 Å². The van der Waals surface area contributed by atoms with Crippen LogP contribution in [-0.2, 0) is 6.42 Å². The van der Waals surface area contributed by atoms with Gasteiger partial charge in [-0.25, -0.2) is 0 Å². The molecule has 0 amide bonds. The molecule has 3 heteroatoms. The number of para-hydroxylation sites is 1. The van der Waals surface area contributed by atoms with Crippen molar-refractivity contribution in [3.8, 4) is 0 Å². The average Bonchev–Trinajstić information content (AvgIpc) is 2.37. The van der Waals surface area contributed by atoms with Crippen LogP contribution in [0.15, 0.2) is 42.5 Å². The van der Waals surface area contributed by atoms with Gasteiger partial charge in [0.15, 0.2) is 0 Å². The van der Waals surface area contributed by atoms with Crippen molar-refractivity contribution < 1.29 is 0 Å². The molecule has 0 fully saturated rings. The molecule has 0 saturated heterocycles. The molecule has 0 bridgehead atoms. The van der Waals surface area contributed by atoms with Crippen LogP contribution in [0, 0.1) is 6.92 Å². The number of aryl methyl sites for hydroxylation is 1. The summed E-state index contributed by atoms with van der Waals surface area (Å²) in [5.41, 5.74) is 10.2. The van der Waals surface area contributed by atoms with Crippen molar-refractivity contribution in [3.05, 3.63) is 58.6 Å². The monoisotopic (exact) mass is 260 g/mol. The highest BCUT2D eigenvalue weighted by molar-refractivity contribution is 6.30. The fraction of sp³-hybridized carbons (Fsp3) is 0.200. The van der Waals surface area contributed by atoms with Gasteiger partial charge in [-0.05, 0) is 42.7 Å². The van der Waals surface area contributed by atoms with Crippen LogP contribution >= 0.6 is 11.6 Å². The maximum atomic E-state index is 6.00. The van der Waals surface area contributed by atoms with E-state index in [0.717, 1.165) is 34.9 Å². The highest BCUT2D eigenvalue weighted by Gasteiger charge is 2.00. The topological polar surface area (TPSA) is 38.0 Å². The molecule has 0 aliphatic heterocycles. The van der Waals surface area contributed by atoms with E-state index in [9.17, 15) is 0 Å². The summed E-state index contributed by atoms with van der Waals surface area (Å²) in [6.45, 7) is 2.87. The molecular weight excluding hydrogens is 244 g/mol. The van der Waals surface area contributed by atoms with Gasteiger partial charge < -0.3 is 11.1 Å². The molecule has 0 unspecified atom stereocenters. The van der Waals surface area contributed by atoms with Gasteiger partial charge in [-0.3, -0.25) is 0 Å². The average molecular weight is 261 g/mol. The molecule has 2 rings (SSSR count). The normalized spacial score (nSPS) is 10.3. The third-order valence-electron chi connectivity index (χ3n) is 2.97. The lowest BCUT2D eigenvalue weighted by Gasteiger charge is -2.11. The van der Waals surface area contributed by atoms with E-state index in [1.807, 2.05) is 49.4 Å². The molecule has 0 spiro atoms. The predicted octanol–water partition coefficient (Wildman–Crippen LogP) is 3.89. The van der Waals surface area contributed by atoms with Gasteiger partial charge in [0.05, 0.1) is 11.4 Å². The Morgan fingerprint density at radius 1 is 1.11 bits per heavy atom. The molecule has 2 aromatic rings. The van der Waals surface area contributed by atoms with Gasteiger partial charge >= 0.3 is 0 Å². The summed E-state index contributed by atoms with van der Waals surface area (Å²) >= 11 is 5.85. The zero-order valence-corrected chi connectivity index (χ0v) is 11.2. The maximum Gasteiger partial charge on any atom is 0.0579 e. The number of nitrogens with two attached hydrogens (primary N) is 1. The van der Waals surface area contributed by atoms with Crippen LogP contribution in [0.3, 0.4) is 0 Å². The van der Waals surface area contributed by atoms with Crippen molar-refractivity contribution in [1.29, 1.82) is 0 Å². The first kappa shape index (κ1) is 12.8. The van der Waals surface area contributed by atoms with Crippen LogP contribution in [0.1, 0.15) is 11.1 Å². The minimum atomic E-state index is 0.773. The smallest absolute Gasteiger partial charge is 0.0579 e. The van der Waals surface area contributed by atoms with Gasteiger partial charge in [-0.2, -0.15) is 0 Å². The summed E-state index contributed by atoms with van der Waals surface area (Å²) in [5, 5.41) is 4.13. The summed E-state index contributed by atoms with van der Waals surface area (Å²) in [6.07, 6.45) is 0.949. The van der Waals surface area contributed by atoms with Crippen molar-refractivity contribution in [3.63, 3.8) is 0 Å². The van der Waals surface area contributed by atoms with E-state index < -0.39 is 0 Å². The Hall–Kier alpha value is -1.67. The number of nitrogen functional groups attached to an aromatic ring is 1. The number of rotatable bonds is 4. The minimum Gasteiger partial charge on any atom is -0.397 e. The first-order valence-electron chi connectivity index (χ1n) is 6.00. The first-order chi connectivity index (χ1) is 8.66. The molecule has 18 heavy (non-hydrogen) atoms. The Morgan fingerprint density at radius 3 is 2.56 bits per heavy atom. The Labute approximate surface area is 113 Å². The van der Waals surface area contributed by atoms with E-state index in [2.05, 4.69) is 5.32 Å². The highest BCUT2D eigenvalue weighted by atomic mass is 35.5. The van der Waals surface area contributed by atoms with E-state index in [1.165, 1.54) is 5.56 Å². The first-order valence-corrected chi connectivity index (χ1v) is 6.38. The third kappa shape index (κ3) is 3.17. The van der Waals surface area contributed by atoms with Gasteiger partial charge in [-0.15, -0.1) is 0 Å². The molecule has 0 radical (unpaired) electrons. The lowest BCUT2D eigenvalue weighted by Crippen LogP contribution is -2.07. The number of hydrogen-bond acceptors (Lipinski definition) is 2. The van der Waals surface area contributed by atoms with Gasteiger partial charge in [0.25, 0.3) is 0 Å². The van der Waals surface area contributed by atoms with Crippen LogP contribution in [-0.4, -0.2) is 6.54 Å². The van der Waals surface area contributed by atoms with E-state index in [1.54, 1.807) is 0 Å². The summed E-state index contributed by atoms with van der Waals surface area (Å²) in [7, 11) is 0. The van der Waals surface area contributed by atoms with Crippen LogP contribution in [0.2, 0.25) is 5.02 Å². The molecule has 94 valence electrons. The number of benzene rings is 2. The zero-order valence-electron chi connectivity index (χ0n) is 10.4.